The molecule has 3 aromatic rings. The molecule has 0 unspecified atom stereocenters. The fraction of sp³-hybridized carbons (Fsp3) is 0.160. The van der Waals surface area contributed by atoms with E-state index in [1.54, 1.807) is 12.1 Å². The molecule has 0 bridgehead atoms. The second-order valence-electron chi connectivity index (χ2n) is 6.92. The van der Waals surface area contributed by atoms with Crippen LogP contribution in [0, 0.1) is 6.92 Å². The van der Waals surface area contributed by atoms with Gasteiger partial charge >= 0.3 is 0 Å². The van der Waals surface area contributed by atoms with Crippen molar-refractivity contribution in [3.05, 3.63) is 93.7 Å². The van der Waals surface area contributed by atoms with E-state index in [0.29, 0.717) is 41.1 Å². The minimum Gasteiger partial charge on any atom is -0.494 e. The van der Waals surface area contributed by atoms with Crippen LogP contribution in [-0.2, 0) is 6.61 Å². The second-order valence-corrected chi connectivity index (χ2v) is 7.36. The van der Waals surface area contributed by atoms with Gasteiger partial charge in [-0.15, -0.1) is 0 Å². The number of rotatable bonds is 6. The number of ketones is 1. The third-order valence-electron chi connectivity index (χ3n) is 4.83. The Kier molecular flexibility index (Phi) is 5.77. The SMILES string of the molecule is CCOc1ccc(/C=C2\Oc3c(ccc(OCc4ccc(Cl)cc4)c3C)C2=O)cc1. The van der Waals surface area contributed by atoms with Gasteiger partial charge < -0.3 is 14.2 Å². The van der Waals surface area contributed by atoms with Crippen molar-refractivity contribution < 1.29 is 19.0 Å². The molecule has 0 saturated carbocycles. The molecule has 0 aromatic heterocycles. The Hall–Kier alpha value is -3.24. The molecular weight excluding hydrogens is 400 g/mol. The standard InChI is InChI=1S/C25H21ClO4/c1-3-28-20-10-6-17(7-11-20)14-23-24(27)21-12-13-22(16(2)25(21)30-23)29-15-18-4-8-19(26)9-5-18/h4-14H,3,15H2,1-2H3/b23-14-. The quantitative estimate of drug-likeness (QED) is 0.442. The number of ether oxygens (including phenoxy) is 3. The van der Waals surface area contributed by atoms with Crippen LogP contribution >= 0.6 is 11.6 Å². The molecule has 0 aliphatic carbocycles. The number of carbonyl (C=O) groups excluding carboxylic acids is 1. The predicted octanol–water partition coefficient (Wildman–Crippen LogP) is 6.24. The van der Waals surface area contributed by atoms with Gasteiger partial charge in [-0.2, -0.15) is 0 Å². The monoisotopic (exact) mass is 420 g/mol. The van der Waals surface area contributed by atoms with Gasteiger partial charge in [-0.3, -0.25) is 4.79 Å². The van der Waals surface area contributed by atoms with Crippen molar-refractivity contribution in [3.63, 3.8) is 0 Å². The number of hydrogen-bond acceptors (Lipinski definition) is 4. The molecule has 0 fully saturated rings. The summed E-state index contributed by atoms with van der Waals surface area (Å²) in [5, 5.41) is 0.686. The average Bonchev–Trinajstić information content (AvgIpc) is 3.07. The van der Waals surface area contributed by atoms with Crippen LogP contribution in [0.15, 0.2) is 66.4 Å². The maximum Gasteiger partial charge on any atom is 0.231 e. The van der Waals surface area contributed by atoms with Gasteiger partial charge in [-0.25, -0.2) is 0 Å². The third-order valence-corrected chi connectivity index (χ3v) is 5.09. The zero-order valence-electron chi connectivity index (χ0n) is 16.8. The zero-order valence-corrected chi connectivity index (χ0v) is 17.5. The maximum atomic E-state index is 12.8. The number of hydrogen-bond donors (Lipinski definition) is 0. The molecule has 5 heteroatoms. The van der Waals surface area contributed by atoms with E-state index in [-0.39, 0.29) is 5.78 Å². The molecule has 3 aromatic carbocycles. The summed E-state index contributed by atoms with van der Waals surface area (Å²) >= 11 is 5.92. The molecule has 4 nitrogen and oxygen atoms in total. The van der Waals surface area contributed by atoms with Crippen LogP contribution < -0.4 is 14.2 Å². The smallest absolute Gasteiger partial charge is 0.231 e. The Balaban J connectivity index is 1.52. The Labute approximate surface area is 180 Å². The Morgan fingerprint density at radius 3 is 2.40 bits per heavy atom. The van der Waals surface area contributed by atoms with Crippen molar-refractivity contribution in [1.29, 1.82) is 0 Å². The minimum atomic E-state index is -0.133. The molecule has 1 heterocycles. The number of Topliss-reactive ketones (excluding diaryl/α,β-unsaturated/α-hetero) is 1. The lowest BCUT2D eigenvalue weighted by atomic mass is 10.1. The van der Waals surface area contributed by atoms with Gasteiger partial charge in [0.05, 0.1) is 12.2 Å². The van der Waals surface area contributed by atoms with Gasteiger partial charge in [0, 0.05) is 10.6 Å². The van der Waals surface area contributed by atoms with Crippen LogP contribution in [0.5, 0.6) is 17.2 Å². The summed E-state index contributed by atoms with van der Waals surface area (Å²) in [5.41, 5.74) is 3.22. The molecule has 4 rings (SSSR count). The minimum absolute atomic E-state index is 0.133. The molecule has 0 spiro atoms. The van der Waals surface area contributed by atoms with Crippen molar-refractivity contribution >= 4 is 23.5 Å². The highest BCUT2D eigenvalue weighted by Crippen LogP contribution is 2.39. The first-order valence-electron chi connectivity index (χ1n) is 9.73. The second kappa shape index (κ2) is 8.64. The van der Waals surface area contributed by atoms with Crippen molar-refractivity contribution in [2.24, 2.45) is 0 Å². The molecule has 152 valence electrons. The molecule has 0 saturated heterocycles. The third kappa shape index (κ3) is 4.19. The lowest BCUT2D eigenvalue weighted by molar-refractivity contribution is 0.101. The van der Waals surface area contributed by atoms with Gasteiger partial charge in [0.1, 0.15) is 23.9 Å². The molecule has 1 aliphatic heterocycles. The van der Waals surface area contributed by atoms with Gasteiger partial charge in [-0.1, -0.05) is 35.9 Å². The summed E-state index contributed by atoms with van der Waals surface area (Å²) in [6.07, 6.45) is 1.74. The largest absolute Gasteiger partial charge is 0.494 e. The number of carbonyl (C=O) groups is 1. The highest BCUT2D eigenvalue weighted by molar-refractivity contribution is 6.30. The first-order chi connectivity index (χ1) is 14.5. The van der Waals surface area contributed by atoms with E-state index in [1.807, 2.05) is 68.4 Å². The van der Waals surface area contributed by atoms with E-state index in [4.69, 9.17) is 25.8 Å². The highest BCUT2D eigenvalue weighted by Gasteiger charge is 2.30. The van der Waals surface area contributed by atoms with E-state index in [1.165, 1.54) is 0 Å². The van der Waals surface area contributed by atoms with Gasteiger partial charge in [-0.05, 0) is 67.4 Å². The maximum absolute atomic E-state index is 12.8. The van der Waals surface area contributed by atoms with Crippen molar-refractivity contribution in [3.8, 4) is 17.2 Å². The van der Waals surface area contributed by atoms with Gasteiger partial charge in [0.25, 0.3) is 0 Å². The topological polar surface area (TPSA) is 44.8 Å². The molecule has 0 atom stereocenters. The molecule has 0 radical (unpaired) electrons. The van der Waals surface area contributed by atoms with Crippen LogP contribution in [0.3, 0.4) is 0 Å². The summed E-state index contributed by atoms with van der Waals surface area (Å²) < 4.78 is 17.3. The number of halogens is 1. The normalized spacial score (nSPS) is 13.8. The van der Waals surface area contributed by atoms with Crippen LogP contribution in [0.25, 0.3) is 6.08 Å². The summed E-state index contributed by atoms with van der Waals surface area (Å²) in [6, 6.07) is 18.6. The van der Waals surface area contributed by atoms with Crippen LogP contribution in [0.4, 0.5) is 0 Å². The lowest BCUT2D eigenvalue weighted by Crippen LogP contribution is -1.98. The van der Waals surface area contributed by atoms with Crippen LogP contribution in [-0.4, -0.2) is 12.4 Å². The van der Waals surface area contributed by atoms with Crippen LogP contribution in [0.1, 0.15) is 34.0 Å². The molecule has 1 aliphatic rings. The molecule has 0 N–H and O–H groups in total. The summed E-state index contributed by atoms with van der Waals surface area (Å²) in [6.45, 7) is 4.84. The van der Waals surface area contributed by atoms with E-state index in [2.05, 4.69) is 0 Å². The highest BCUT2D eigenvalue weighted by atomic mass is 35.5. The number of benzene rings is 3. The van der Waals surface area contributed by atoms with Crippen LogP contribution in [0.2, 0.25) is 5.02 Å². The summed E-state index contributed by atoms with van der Waals surface area (Å²) in [4.78, 5) is 12.8. The Bertz CT molecular complexity index is 1100. The first-order valence-corrected chi connectivity index (χ1v) is 10.1. The predicted molar refractivity (Wildman–Crippen MR) is 118 cm³/mol. The van der Waals surface area contributed by atoms with Crippen molar-refractivity contribution in [2.75, 3.05) is 6.61 Å². The number of allylic oxidation sites excluding steroid dienone is 1. The average molecular weight is 421 g/mol. The molecule has 0 amide bonds. The van der Waals surface area contributed by atoms with E-state index >= 15 is 0 Å². The molecular formula is C25H21ClO4. The lowest BCUT2D eigenvalue weighted by Gasteiger charge is -2.11. The summed E-state index contributed by atoms with van der Waals surface area (Å²) in [7, 11) is 0. The number of fused-ring (bicyclic) bond motifs is 1. The van der Waals surface area contributed by atoms with Gasteiger partial charge in [0.15, 0.2) is 5.76 Å². The fourth-order valence-corrected chi connectivity index (χ4v) is 3.37. The fourth-order valence-electron chi connectivity index (χ4n) is 3.24. The first kappa shape index (κ1) is 20.0. The Morgan fingerprint density at radius 1 is 0.967 bits per heavy atom. The van der Waals surface area contributed by atoms with E-state index < -0.39 is 0 Å². The Morgan fingerprint density at radius 2 is 1.70 bits per heavy atom. The van der Waals surface area contributed by atoms with E-state index in [0.717, 1.165) is 22.4 Å². The van der Waals surface area contributed by atoms with Crippen molar-refractivity contribution in [1.82, 2.24) is 0 Å². The zero-order chi connectivity index (χ0) is 21.1. The van der Waals surface area contributed by atoms with E-state index in [9.17, 15) is 4.79 Å². The van der Waals surface area contributed by atoms with Crippen molar-refractivity contribution in [2.45, 2.75) is 20.5 Å². The van der Waals surface area contributed by atoms with Gasteiger partial charge in [0.2, 0.25) is 5.78 Å². The molecule has 30 heavy (non-hydrogen) atoms. The summed E-state index contributed by atoms with van der Waals surface area (Å²) in [5.74, 6) is 2.18.